The molecule has 1 aromatic heterocycles. The molecule has 0 aliphatic heterocycles. The zero-order valence-electron chi connectivity index (χ0n) is 17.0. The fraction of sp³-hybridized carbons (Fsp3) is 0.160. The minimum Gasteiger partial charge on any atom is -0.349 e. The summed E-state index contributed by atoms with van der Waals surface area (Å²) in [6.45, 7) is -0.0783. The van der Waals surface area contributed by atoms with E-state index in [1.807, 2.05) is 72.8 Å². The summed E-state index contributed by atoms with van der Waals surface area (Å²) in [6, 6.07) is 23.3. The van der Waals surface area contributed by atoms with Crippen molar-refractivity contribution in [3.05, 3.63) is 102 Å². The third-order valence-electron chi connectivity index (χ3n) is 5.17. The highest BCUT2D eigenvalue weighted by atomic mass is 16.2. The Bertz CT molecular complexity index is 1150. The third-order valence-corrected chi connectivity index (χ3v) is 5.17. The van der Waals surface area contributed by atoms with Gasteiger partial charge in [0.25, 0.3) is 0 Å². The lowest BCUT2D eigenvalue weighted by Crippen LogP contribution is -2.39. The van der Waals surface area contributed by atoms with Crippen LogP contribution in [0.15, 0.2) is 85.2 Å². The van der Waals surface area contributed by atoms with E-state index in [1.54, 1.807) is 12.4 Å². The number of carbonyl (C=O) groups is 2. The van der Waals surface area contributed by atoms with E-state index in [4.69, 9.17) is 0 Å². The number of rotatable bonds is 8. The fourth-order valence-corrected chi connectivity index (χ4v) is 3.65. The van der Waals surface area contributed by atoms with Crippen molar-refractivity contribution in [2.45, 2.75) is 18.9 Å². The van der Waals surface area contributed by atoms with Crippen molar-refractivity contribution >= 4 is 22.6 Å². The summed E-state index contributed by atoms with van der Waals surface area (Å²) >= 11 is 0. The lowest BCUT2D eigenvalue weighted by atomic mass is 10.0. The van der Waals surface area contributed by atoms with Crippen molar-refractivity contribution < 1.29 is 9.59 Å². The van der Waals surface area contributed by atoms with Gasteiger partial charge in [-0.15, -0.1) is 0 Å². The van der Waals surface area contributed by atoms with Gasteiger partial charge in [-0.05, 0) is 21.9 Å². The molecular weight excluding hydrogens is 388 g/mol. The largest absolute Gasteiger partial charge is 0.349 e. The predicted octanol–water partition coefficient (Wildman–Crippen LogP) is 3.32. The van der Waals surface area contributed by atoms with Crippen molar-refractivity contribution in [3.63, 3.8) is 0 Å². The first-order chi connectivity index (χ1) is 15.2. The Balaban J connectivity index is 1.36. The molecule has 1 heterocycles. The van der Waals surface area contributed by atoms with Gasteiger partial charge in [-0.1, -0.05) is 72.8 Å². The Morgan fingerprint density at radius 3 is 2.48 bits per heavy atom. The summed E-state index contributed by atoms with van der Waals surface area (Å²) in [5.41, 5.74) is 1.92. The average Bonchev–Trinajstić information content (AvgIpc) is 3.31. The van der Waals surface area contributed by atoms with E-state index in [0.717, 1.165) is 27.7 Å². The number of fused-ring (bicyclic) bond motifs is 1. The van der Waals surface area contributed by atoms with E-state index < -0.39 is 0 Å². The number of hydrogen-bond acceptors (Lipinski definition) is 3. The molecular formula is C25H24N4O2. The summed E-state index contributed by atoms with van der Waals surface area (Å²) in [4.78, 5) is 32.4. The van der Waals surface area contributed by atoms with Crippen LogP contribution in [0.25, 0.3) is 10.8 Å². The number of carbonyl (C=O) groups excluding carboxylic acids is 2. The SMILES string of the molecule is O=C(Cc1cccc2ccccc12)NCC(=O)NC(Cc1ncc[nH]1)c1ccccc1. The summed E-state index contributed by atoms with van der Waals surface area (Å²) in [7, 11) is 0. The van der Waals surface area contributed by atoms with Gasteiger partial charge in [0.05, 0.1) is 19.0 Å². The standard InChI is InChI=1S/C25H24N4O2/c30-24(15-20-11-6-10-18-7-4-5-12-21(18)20)28-17-25(31)29-22(16-23-26-13-14-27-23)19-8-2-1-3-9-19/h1-14,22H,15-17H2,(H,26,27)(H,28,30)(H,29,31). The molecule has 0 aliphatic carbocycles. The Labute approximate surface area is 180 Å². The van der Waals surface area contributed by atoms with Crippen LogP contribution >= 0.6 is 0 Å². The van der Waals surface area contributed by atoms with Gasteiger partial charge >= 0.3 is 0 Å². The highest BCUT2D eigenvalue weighted by Gasteiger charge is 2.17. The van der Waals surface area contributed by atoms with Crippen LogP contribution in [0.1, 0.15) is 23.0 Å². The average molecular weight is 412 g/mol. The number of aromatic nitrogens is 2. The molecule has 3 aromatic carbocycles. The predicted molar refractivity (Wildman–Crippen MR) is 120 cm³/mol. The lowest BCUT2D eigenvalue weighted by Gasteiger charge is -2.18. The van der Waals surface area contributed by atoms with Gasteiger partial charge in [0.15, 0.2) is 0 Å². The second-order valence-electron chi connectivity index (χ2n) is 7.36. The summed E-state index contributed by atoms with van der Waals surface area (Å²) in [6.07, 6.45) is 4.20. The molecule has 4 rings (SSSR count). The molecule has 0 bridgehead atoms. The van der Waals surface area contributed by atoms with E-state index in [9.17, 15) is 9.59 Å². The van der Waals surface area contributed by atoms with Gasteiger partial charge in [-0.25, -0.2) is 4.98 Å². The van der Waals surface area contributed by atoms with Gasteiger partial charge in [0, 0.05) is 18.8 Å². The maximum atomic E-state index is 12.6. The first kappa shape index (κ1) is 20.3. The number of imidazole rings is 1. The van der Waals surface area contributed by atoms with E-state index in [1.165, 1.54) is 0 Å². The molecule has 3 N–H and O–H groups in total. The van der Waals surface area contributed by atoms with Crippen LogP contribution in [0, 0.1) is 0 Å². The van der Waals surface area contributed by atoms with E-state index >= 15 is 0 Å². The molecule has 0 fully saturated rings. The van der Waals surface area contributed by atoms with Crippen LogP contribution in [-0.2, 0) is 22.4 Å². The molecule has 0 saturated carbocycles. The molecule has 0 aliphatic rings. The van der Waals surface area contributed by atoms with Gasteiger partial charge in [-0.2, -0.15) is 0 Å². The molecule has 0 saturated heterocycles. The Hall–Kier alpha value is -3.93. The number of amides is 2. The molecule has 4 aromatic rings. The molecule has 2 amide bonds. The molecule has 1 atom stereocenters. The fourth-order valence-electron chi connectivity index (χ4n) is 3.65. The zero-order valence-corrected chi connectivity index (χ0v) is 17.0. The number of nitrogens with zero attached hydrogens (tertiary/aromatic N) is 1. The minimum atomic E-state index is -0.244. The van der Waals surface area contributed by atoms with Gasteiger partial charge in [0.1, 0.15) is 5.82 Å². The smallest absolute Gasteiger partial charge is 0.239 e. The number of aromatic amines is 1. The number of benzene rings is 3. The number of hydrogen-bond donors (Lipinski definition) is 3. The van der Waals surface area contributed by atoms with Gasteiger partial charge in [-0.3, -0.25) is 9.59 Å². The highest BCUT2D eigenvalue weighted by molar-refractivity contribution is 5.91. The van der Waals surface area contributed by atoms with Crippen LogP contribution in [0.2, 0.25) is 0 Å². The molecule has 0 radical (unpaired) electrons. The second kappa shape index (κ2) is 9.71. The van der Waals surface area contributed by atoms with Gasteiger partial charge < -0.3 is 15.6 Å². The number of nitrogens with one attached hydrogen (secondary N) is 3. The summed E-state index contributed by atoms with van der Waals surface area (Å²) in [5.74, 6) is 0.356. The summed E-state index contributed by atoms with van der Waals surface area (Å²) in [5, 5.41) is 7.88. The van der Waals surface area contributed by atoms with Crippen molar-refractivity contribution in [2.75, 3.05) is 6.54 Å². The van der Waals surface area contributed by atoms with Crippen LogP contribution in [0.5, 0.6) is 0 Å². The molecule has 1 unspecified atom stereocenters. The highest BCUT2D eigenvalue weighted by Crippen LogP contribution is 2.19. The maximum Gasteiger partial charge on any atom is 0.239 e. The van der Waals surface area contributed by atoms with Crippen molar-refractivity contribution in [1.29, 1.82) is 0 Å². The van der Waals surface area contributed by atoms with Crippen LogP contribution in [-0.4, -0.2) is 28.3 Å². The Kier molecular flexibility index (Phi) is 6.38. The van der Waals surface area contributed by atoms with Crippen LogP contribution in [0.3, 0.4) is 0 Å². The molecule has 6 nitrogen and oxygen atoms in total. The number of H-pyrrole nitrogens is 1. The third kappa shape index (κ3) is 5.36. The van der Waals surface area contributed by atoms with Crippen molar-refractivity contribution in [1.82, 2.24) is 20.6 Å². The molecule has 0 spiro atoms. The first-order valence-corrected chi connectivity index (χ1v) is 10.2. The Morgan fingerprint density at radius 2 is 1.68 bits per heavy atom. The van der Waals surface area contributed by atoms with Crippen molar-refractivity contribution in [3.8, 4) is 0 Å². The van der Waals surface area contributed by atoms with E-state index in [2.05, 4.69) is 20.6 Å². The second-order valence-corrected chi connectivity index (χ2v) is 7.36. The van der Waals surface area contributed by atoms with Crippen molar-refractivity contribution in [2.24, 2.45) is 0 Å². The zero-order chi connectivity index (χ0) is 21.5. The molecule has 6 heteroatoms. The maximum absolute atomic E-state index is 12.6. The quantitative estimate of drug-likeness (QED) is 0.415. The van der Waals surface area contributed by atoms with Crippen LogP contribution < -0.4 is 10.6 Å². The summed E-state index contributed by atoms with van der Waals surface area (Å²) < 4.78 is 0. The lowest BCUT2D eigenvalue weighted by molar-refractivity contribution is -0.126. The van der Waals surface area contributed by atoms with Crippen LogP contribution in [0.4, 0.5) is 0 Å². The Morgan fingerprint density at radius 1 is 0.903 bits per heavy atom. The van der Waals surface area contributed by atoms with E-state index in [-0.39, 0.29) is 30.8 Å². The monoisotopic (exact) mass is 412 g/mol. The molecule has 156 valence electrons. The van der Waals surface area contributed by atoms with E-state index in [0.29, 0.717) is 6.42 Å². The first-order valence-electron chi connectivity index (χ1n) is 10.2. The topological polar surface area (TPSA) is 86.9 Å². The minimum absolute atomic E-state index is 0.0783. The van der Waals surface area contributed by atoms with Gasteiger partial charge in [0.2, 0.25) is 11.8 Å². The molecule has 31 heavy (non-hydrogen) atoms. The normalized spacial score (nSPS) is 11.7.